The van der Waals surface area contributed by atoms with Gasteiger partial charge < -0.3 is 15.8 Å². The minimum absolute atomic E-state index is 0.245. The van der Waals surface area contributed by atoms with Crippen LogP contribution in [0.25, 0.3) is 0 Å². The summed E-state index contributed by atoms with van der Waals surface area (Å²) >= 11 is 0. The van der Waals surface area contributed by atoms with Gasteiger partial charge in [0, 0.05) is 0 Å². The summed E-state index contributed by atoms with van der Waals surface area (Å²) in [6.45, 7) is 0. The largest absolute Gasteiger partial charge is 0.496 e. The van der Waals surface area contributed by atoms with Crippen LogP contribution in [0.2, 0.25) is 0 Å². The smallest absolute Gasteiger partial charge is 0.259 e. The maximum atomic E-state index is 12.1. The van der Waals surface area contributed by atoms with Gasteiger partial charge in [-0.3, -0.25) is 4.79 Å². The fraction of sp³-hybridized carbons (Fsp3) is 0.0714. The number of carbonyl (C=O) groups excluding carboxylic acids is 1. The van der Waals surface area contributed by atoms with Crippen molar-refractivity contribution in [2.75, 3.05) is 18.2 Å². The van der Waals surface area contributed by atoms with Gasteiger partial charge >= 0.3 is 0 Å². The first-order valence-electron chi connectivity index (χ1n) is 5.51. The molecule has 4 nitrogen and oxygen atoms in total. The van der Waals surface area contributed by atoms with Crippen molar-refractivity contribution < 1.29 is 9.53 Å². The van der Waals surface area contributed by atoms with Crippen LogP contribution in [-0.2, 0) is 0 Å². The molecule has 0 spiro atoms. The highest BCUT2D eigenvalue weighted by atomic mass is 16.5. The number of ether oxygens (including phenoxy) is 1. The molecule has 0 unspecified atom stereocenters. The van der Waals surface area contributed by atoms with Gasteiger partial charge in [-0.05, 0) is 24.3 Å². The van der Waals surface area contributed by atoms with E-state index in [0.717, 1.165) is 0 Å². The average Bonchev–Trinajstić information content (AvgIpc) is 2.41. The quantitative estimate of drug-likeness (QED) is 0.813. The van der Waals surface area contributed by atoms with Crippen molar-refractivity contribution in [1.82, 2.24) is 0 Å². The van der Waals surface area contributed by atoms with E-state index in [0.29, 0.717) is 22.7 Å². The molecule has 3 N–H and O–H groups in total. The second-order valence-electron chi connectivity index (χ2n) is 3.74. The summed E-state index contributed by atoms with van der Waals surface area (Å²) in [5.41, 5.74) is 7.37. The van der Waals surface area contributed by atoms with Crippen LogP contribution >= 0.6 is 0 Å². The van der Waals surface area contributed by atoms with Crippen LogP contribution in [0.5, 0.6) is 5.75 Å². The lowest BCUT2D eigenvalue weighted by Gasteiger charge is -2.10. The van der Waals surface area contributed by atoms with Crippen molar-refractivity contribution in [3.05, 3.63) is 54.1 Å². The lowest BCUT2D eigenvalue weighted by molar-refractivity contribution is 0.102. The molecule has 0 aliphatic heterocycles. The number of nitrogen functional groups attached to an aromatic ring is 1. The van der Waals surface area contributed by atoms with Gasteiger partial charge in [0.1, 0.15) is 5.75 Å². The van der Waals surface area contributed by atoms with E-state index < -0.39 is 0 Å². The Morgan fingerprint density at radius 1 is 1.11 bits per heavy atom. The third kappa shape index (κ3) is 2.43. The summed E-state index contributed by atoms with van der Waals surface area (Å²) in [6.07, 6.45) is 0. The Labute approximate surface area is 105 Å². The minimum atomic E-state index is -0.245. The van der Waals surface area contributed by atoms with Crippen molar-refractivity contribution in [1.29, 1.82) is 0 Å². The zero-order valence-corrected chi connectivity index (χ0v) is 10.0. The highest BCUT2D eigenvalue weighted by molar-refractivity contribution is 6.07. The third-order valence-electron chi connectivity index (χ3n) is 2.56. The Morgan fingerprint density at radius 3 is 2.50 bits per heavy atom. The van der Waals surface area contributed by atoms with E-state index in [-0.39, 0.29) is 5.91 Å². The van der Waals surface area contributed by atoms with Crippen molar-refractivity contribution in [2.24, 2.45) is 0 Å². The molecule has 0 radical (unpaired) electrons. The number of benzene rings is 2. The van der Waals surface area contributed by atoms with E-state index in [9.17, 15) is 4.79 Å². The van der Waals surface area contributed by atoms with Gasteiger partial charge in [0.05, 0.1) is 24.0 Å². The molecule has 18 heavy (non-hydrogen) atoms. The summed E-state index contributed by atoms with van der Waals surface area (Å²) < 4.78 is 5.14. The van der Waals surface area contributed by atoms with Crippen LogP contribution in [-0.4, -0.2) is 13.0 Å². The van der Waals surface area contributed by atoms with E-state index in [4.69, 9.17) is 10.5 Å². The van der Waals surface area contributed by atoms with Crippen molar-refractivity contribution in [2.45, 2.75) is 0 Å². The molecule has 4 heteroatoms. The second-order valence-corrected chi connectivity index (χ2v) is 3.74. The molecule has 0 aromatic heterocycles. The normalized spacial score (nSPS) is 9.83. The number of hydrogen-bond acceptors (Lipinski definition) is 3. The van der Waals surface area contributed by atoms with Gasteiger partial charge in [-0.1, -0.05) is 24.3 Å². The van der Waals surface area contributed by atoms with Crippen molar-refractivity contribution in [3.63, 3.8) is 0 Å². The van der Waals surface area contributed by atoms with Gasteiger partial charge in [-0.15, -0.1) is 0 Å². The predicted octanol–water partition coefficient (Wildman–Crippen LogP) is 2.53. The van der Waals surface area contributed by atoms with Gasteiger partial charge in [-0.2, -0.15) is 0 Å². The zero-order chi connectivity index (χ0) is 13.0. The molecular weight excluding hydrogens is 228 g/mol. The maximum Gasteiger partial charge on any atom is 0.259 e. The number of para-hydroxylation sites is 3. The van der Waals surface area contributed by atoms with Gasteiger partial charge in [0.25, 0.3) is 5.91 Å². The summed E-state index contributed by atoms with van der Waals surface area (Å²) in [4.78, 5) is 12.1. The molecule has 1 amide bonds. The number of carbonyl (C=O) groups is 1. The molecule has 0 saturated heterocycles. The van der Waals surface area contributed by atoms with Gasteiger partial charge in [0.15, 0.2) is 0 Å². The Kier molecular flexibility index (Phi) is 3.48. The van der Waals surface area contributed by atoms with E-state index in [2.05, 4.69) is 5.32 Å². The molecule has 0 fully saturated rings. The van der Waals surface area contributed by atoms with Crippen molar-refractivity contribution >= 4 is 17.3 Å². The fourth-order valence-corrected chi connectivity index (χ4v) is 1.63. The zero-order valence-electron chi connectivity index (χ0n) is 10.0. The van der Waals surface area contributed by atoms with E-state index in [1.165, 1.54) is 7.11 Å². The van der Waals surface area contributed by atoms with E-state index in [1.807, 2.05) is 18.2 Å². The number of nitrogens with two attached hydrogens (primary N) is 1. The van der Waals surface area contributed by atoms with Gasteiger partial charge in [0.2, 0.25) is 0 Å². The Bertz CT molecular complexity index is 567. The number of nitrogens with one attached hydrogen (secondary N) is 1. The SMILES string of the molecule is COc1ccccc1C(=O)Nc1ccccc1N. The monoisotopic (exact) mass is 242 g/mol. The number of anilines is 2. The average molecular weight is 242 g/mol. The molecule has 2 aromatic carbocycles. The van der Waals surface area contributed by atoms with Crippen LogP contribution in [0.4, 0.5) is 11.4 Å². The molecular formula is C14H14N2O2. The topological polar surface area (TPSA) is 64.3 Å². The van der Waals surface area contributed by atoms with E-state index in [1.54, 1.807) is 30.3 Å². The molecule has 92 valence electrons. The van der Waals surface area contributed by atoms with Crippen LogP contribution in [0.1, 0.15) is 10.4 Å². The fourth-order valence-electron chi connectivity index (χ4n) is 1.63. The minimum Gasteiger partial charge on any atom is -0.496 e. The number of amides is 1. The Balaban J connectivity index is 2.25. The lowest BCUT2D eigenvalue weighted by Crippen LogP contribution is -2.14. The van der Waals surface area contributed by atoms with Crippen molar-refractivity contribution in [3.8, 4) is 5.75 Å². The molecule has 2 aromatic rings. The van der Waals surface area contributed by atoms with E-state index >= 15 is 0 Å². The standard InChI is InChI=1S/C14H14N2O2/c1-18-13-9-5-2-6-10(13)14(17)16-12-8-4-3-7-11(12)15/h2-9H,15H2,1H3,(H,16,17). The summed E-state index contributed by atoms with van der Waals surface area (Å²) in [7, 11) is 1.53. The van der Waals surface area contributed by atoms with Crippen LogP contribution in [0, 0.1) is 0 Å². The summed E-state index contributed by atoms with van der Waals surface area (Å²) in [5.74, 6) is 0.287. The number of rotatable bonds is 3. The number of methoxy groups -OCH3 is 1. The molecule has 2 rings (SSSR count). The van der Waals surface area contributed by atoms with Gasteiger partial charge in [-0.25, -0.2) is 0 Å². The molecule has 0 aliphatic rings. The van der Waals surface area contributed by atoms with Crippen LogP contribution in [0.15, 0.2) is 48.5 Å². The summed E-state index contributed by atoms with van der Waals surface area (Å²) in [5, 5.41) is 2.76. The summed E-state index contributed by atoms with van der Waals surface area (Å²) in [6, 6.07) is 14.2. The predicted molar refractivity (Wildman–Crippen MR) is 71.8 cm³/mol. The highest BCUT2D eigenvalue weighted by Gasteiger charge is 2.12. The first kappa shape index (κ1) is 12.0. The highest BCUT2D eigenvalue weighted by Crippen LogP contribution is 2.21. The molecule has 0 aliphatic carbocycles. The lowest BCUT2D eigenvalue weighted by atomic mass is 10.1. The van der Waals surface area contributed by atoms with Crippen LogP contribution in [0.3, 0.4) is 0 Å². The molecule has 0 atom stereocenters. The molecule has 0 heterocycles. The third-order valence-corrected chi connectivity index (χ3v) is 2.56. The number of hydrogen-bond donors (Lipinski definition) is 2. The Hall–Kier alpha value is -2.49. The maximum absolute atomic E-state index is 12.1. The molecule has 0 saturated carbocycles. The first-order valence-corrected chi connectivity index (χ1v) is 5.51. The van der Waals surface area contributed by atoms with Crippen LogP contribution < -0.4 is 15.8 Å². The first-order chi connectivity index (χ1) is 8.72. The second kappa shape index (κ2) is 5.23. The Morgan fingerprint density at radius 2 is 1.78 bits per heavy atom. The molecule has 0 bridgehead atoms.